The lowest BCUT2D eigenvalue weighted by Crippen LogP contribution is -2.59. The Morgan fingerprint density at radius 2 is 1.91 bits per heavy atom. The highest BCUT2D eigenvalue weighted by Gasteiger charge is 2.31. The molecule has 0 radical (unpaired) electrons. The molecule has 0 spiro atoms. The van der Waals surface area contributed by atoms with E-state index in [2.05, 4.69) is 18.7 Å². The average Bonchev–Trinajstić information content (AvgIpc) is 2.53. The Kier molecular flexibility index (Phi) is 6.36. The number of ether oxygens (including phenoxy) is 2. The zero-order valence-corrected chi connectivity index (χ0v) is 14.0. The van der Waals surface area contributed by atoms with Crippen LogP contribution in [0.2, 0.25) is 0 Å². The van der Waals surface area contributed by atoms with Gasteiger partial charge in [-0.05, 0) is 26.0 Å². The molecule has 5 nitrogen and oxygen atoms in total. The van der Waals surface area contributed by atoms with E-state index in [0.29, 0.717) is 19.7 Å². The Morgan fingerprint density at radius 3 is 2.52 bits per heavy atom. The van der Waals surface area contributed by atoms with Crippen molar-refractivity contribution in [3.63, 3.8) is 0 Å². The van der Waals surface area contributed by atoms with Gasteiger partial charge < -0.3 is 14.4 Å². The first-order valence-corrected chi connectivity index (χ1v) is 7.92. The summed E-state index contributed by atoms with van der Waals surface area (Å²) in [4.78, 5) is 16.5. The number of hydrogen-bond donors (Lipinski definition) is 0. The van der Waals surface area contributed by atoms with Crippen LogP contribution in [0.4, 0.5) is 4.39 Å². The highest BCUT2D eigenvalue weighted by Crippen LogP contribution is 2.18. The number of carbonyl (C=O) groups is 1. The van der Waals surface area contributed by atoms with E-state index in [1.165, 1.54) is 12.1 Å². The van der Waals surface area contributed by atoms with Crippen molar-refractivity contribution in [3.8, 4) is 5.75 Å². The molecule has 1 aliphatic heterocycles. The molecule has 1 saturated heterocycles. The number of amides is 1. The number of para-hydroxylation sites is 1. The summed E-state index contributed by atoms with van der Waals surface area (Å²) < 4.78 is 24.0. The Labute approximate surface area is 137 Å². The first kappa shape index (κ1) is 17.7. The minimum absolute atomic E-state index is 0.112. The minimum atomic E-state index is -0.452. The fourth-order valence-corrected chi connectivity index (χ4v) is 2.99. The quantitative estimate of drug-likeness (QED) is 0.800. The van der Waals surface area contributed by atoms with Crippen molar-refractivity contribution in [3.05, 3.63) is 30.1 Å². The summed E-state index contributed by atoms with van der Waals surface area (Å²) in [5, 5.41) is 0. The molecule has 1 aliphatic rings. The number of methoxy groups -OCH3 is 1. The second kappa shape index (κ2) is 8.26. The highest BCUT2D eigenvalue weighted by molar-refractivity contribution is 5.78. The van der Waals surface area contributed by atoms with Crippen molar-refractivity contribution in [2.24, 2.45) is 0 Å². The van der Waals surface area contributed by atoms with E-state index in [4.69, 9.17) is 9.47 Å². The molecular formula is C17H25FN2O3. The number of rotatable bonds is 6. The van der Waals surface area contributed by atoms with E-state index < -0.39 is 5.82 Å². The van der Waals surface area contributed by atoms with Crippen LogP contribution in [0.15, 0.2) is 24.3 Å². The Morgan fingerprint density at radius 1 is 1.26 bits per heavy atom. The van der Waals surface area contributed by atoms with Gasteiger partial charge in [0.05, 0.1) is 6.61 Å². The van der Waals surface area contributed by atoms with Crippen molar-refractivity contribution in [1.29, 1.82) is 0 Å². The number of nitrogens with zero attached hydrogens (tertiary/aromatic N) is 2. The third kappa shape index (κ3) is 4.65. The maximum Gasteiger partial charge on any atom is 0.260 e. The van der Waals surface area contributed by atoms with Crippen molar-refractivity contribution >= 4 is 5.91 Å². The van der Waals surface area contributed by atoms with Gasteiger partial charge in [-0.3, -0.25) is 9.69 Å². The van der Waals surface area contributed by atoms with Crippen LogP contribution < -0.4 is 4.74 Å². The lowest BCUT2D eigenvalue weighted by Gasteiger charge is -2.44. The van der Waals surface area contributed by atoms with Crippen molar-refractivity contribution in [2.45, 2.75) is 25.9 Å². The monoisotopic (exact) mass is 324 g/mol. The third-order valence-electron chi connectivity index (χ3n) is 4.20. The Bertz CT molecular complexity index is 514. The summed E-state index contributed by atoms with van der Waals surface area (Å²) in [5.41, 5.74) is 0. The topological polar surface area (TPSA) is 42.0 Å². The first-order valence-electron chi connectivity index (χ1n) is 7.92. The molecule has 1 fully saturated rings. The fourth-order valence-electron chi connectivity index (χ4n) is 2.99. The van der Waals surface area contributed by atoms with Gasteiger partial charge in [0.1, 0.15) is 0 Å². The minimum Gasteiger partial charge on any atom is -0.481 e. The van der Waals surface area contributed by atoms with Crippen LogP contribution >= 0.6 is 0 Å². The van der Waals surface area contributed by atoms with Gasteiger partial charge in [0.15, 0.2) is 18.2 Å². The third-order valence-corrected chi connectivity index (χ3v) is 4.20. The van der Waals surface area contributed by atoms with Crippen LogP contribution in [0, 0.1) is 5.82 Å². The summed E-state index contributed by atoms with van der Waals surface area (Å²) in [7, 11) is 1.69. The maximum absolute atomic E-state index is 13.5. The molecule has 1 heterocycles. The predicted molar refractivity (Wildman–Crippen MR) is 86.0 cm³/mol. The molecule has 0 saturated carbocycles. The summed E-state index contributed by atoms with van der Waals surface area (Å²) in [6, 6.07) is 6.63. The molecular weight excluding hydrogens is 299 g/mol. The van der Waals surface area contributed by atoms with E-state index in [0.717, 1.165) is 6.54 Å². The van der Waals surface area contributed by atoms with Crippen LogP contribution in [0.1, 0.15) is 13.8 Å². The largest absolute Gasteiger partial charge is 0.481 e. The number of hydrogen-bond acceptors (Lipinski definition) is 4. The van der Waals surface area contributed by atoms with Gasteiger partial charge >= 0.3 is 0 Å². The highest BCUT2D eigenvalue weighted by atomic mass is 19.1. The van der Waals surface area contributed by atoms with Gasteiger partial charge in [0, 0.05) is 38.8 Å². The number of halogens is 1. The van der Waals surface area contributed by atoms with Gasteiger partial charge in [-0.25, -0.2) is 4.39 Å². The zero-order chi connectivity index (χ0) is 16.8. The van der Waals surface area contributed by atoms with Gasteiger partial charge in [-0.15, -0.1) is 0 Å². The molecule has 1 aromatic carbocycles. The normalized spacial score (nSPS) is 22.2. The van der Waals surface area contributed by atoms with E-state index in [1.807, 2.05) is 0 Å². The van der Waals surface area contributed by atoms with Gasteiger partial charge in [0.25, 0.3) is 5.91 Å². The summed E-state index contributed by atoms with van der Waals surface area (Å²) in [6.45, 7) is 6.89. The molecule has 0 aliphatic carbocycles. The number of carbonyl (C=O) groups excluding carboxylic acids is 1. The molecule has 0 aromatic heterocycles. The van der Waals surface area contributed by atoms with Crippen LogP contribution in [-0.4, -0.2) is 67.7 Å². The van der Waals surface area contributed by atoms with E-state index in [1.54, 1.807) is 24.1 Å². The number of piperazine rings is 1. The molecule has 0 N–H and O–H groups in total. The first-order chi connectivity index (χ1) is 11.0. The molecule has 2 atom stereocenters. The zero-order valence-electron chi connectivity index (χ0n) is 14.0. The average molecular weight is 324 g/mol. The molecule has 128 valence electrons. The molecule has 2 rings (SSSR count). The predicted octanol–water partition coefficient (Wildman–Crippen LogP) is 1.77. The lowest BCUT2D eigenvalue weighted by molar-refractivity contribution is -0.138. The second-order valence-corrected chi connectivity index (χ2v) is 5.95. The summed E-state index contributed by atoms with van der Waals surface area (Å²) in [6.07, 6.45) is 0. The van der Waals surface area contributed by atoms with E-state index in [9.17, 15) is 9.18 Å². The molecule has 1 amide bonds. The maximum atomic E-state index is 13.5. The van der Waals surface area contributed by atoms with Crippen molar-refractivity contribution in [2.75, 3.05) is 40.0 Å². The van der Waals surface area contributed by atoms with E-state index in [-0.39, 0.29) is 30.3 Å². The molecule has 0 bridgehead atoms. The SMILES string of the molecule is COCCN1C(C)CN(C(=O)COc2ccccc2F)CC1C. The van der Waals surface area contributed by atoms with Crippen LogP contribution in [0.3, 0.4) is 0 Å². The van der Waals surface area contributed by atoms with Gasteiger partial charge in [-0.1, -0.05) is 12.1 Å². The fraction of sp³-hybridized carbons (Fsp3) is 0.588. The van der Waals surface area contributed by atoms with Crippen molar-refractivity contribution < 1.29 is 18.7 Å². The summed E-state index contributed by atoms with van der Waals surface area (Å²) >= 11 is 0. The molecule has 6 heteroatoms. The second-order valence-electron chi connectivity index (χ2n) is 5.95. The molecule has 2 unspecified atom stereocenters. The van der Waals surface area contributed by atoms with Crippen LogP contribution in [-0.2, 0) is 9.53 Å². The Hall–Kier alpha value is -1.66. The molecule has 23 heavy (non-hydrogen) atoms. The Balaban J connectivity index is 1.87. The van der Waals surface area contributed by atoms with Crippen LogP contribution in [0.5, 0.6) is 5.75 Å². The smallest absolute Gasteiger partial charge is 0.260 e. The lowest BCUT2D eigenvalue weighted by atomic mass is 10.1. The van der Waals surface area contributed by atoms with Crippen LogP contribution in [0.25, 0.3) is 0 Å². The van der Waals surface area contributed by atoms with E-state index >= 15 is 0 Å². The summed E-state index contributed by atoms with van der Waals surface area (Å²) in [5.74, 6) is -0.453. The van der Waals surface area contributed by atoms with Crippen molar-refractivity contribution in [1.82, 2.24) is 9.80 Å². The van der Waals surface area contributed by atoms with Gasteiger partial charge in [0.2, 0.25) is 0 Å². The van der Waals surface area contributed by atoms with Gasteiger partial charge in [-0.2, -0.15) is 0 Å². The standard InChI is InChI=1S/C17H25FN2O3/c1-13-10-19(11-14(2)20(13)8-9-22-3)17(21)12-23-16-7-5-4-6-15(16)18/h4-7,13-14H,8-12H2,1-3H3. The number of benzene rings is 1. The molecule has 1 aromatic rings.